The van der Waals surface area contributed by atoms with Crippen LogP contribution in [0.3, 0.4) is 0 Å². The smallest absolute Gasteiger partial charge is 0.233 e. The quantitative estimate of drug-likeness (QED) is 0.686. The Hall–Kier alpha value is -3.15. The summed E-state index contributed by atoms with van der Waals surface area (Å²) in [6, 6.07) is 18.1. The number of hydrogen-bond donors (Lipinski definition) is 2. The van der Waals surface area contributed by atoms with Gasteiger partial charge in [0.15, 0.2) is 0 Å². The van der Waals surface area contributed by atoms with Gasteiger partial charge in [-0.05, 0) is 48.9 Å². The second-order valence-electron chi connectivity index (χ2n) is 10.6. The lowest BCUT2D eigenvalue weighted by Gasteiger charge is -2.36. The van der Waals surface area contributed by atoms with E-state index in [0.29, 0.717) is 19.5 Å². The minimum Gasteiger partial charge on any atom is -0.348 e. The first-order chi connectivity index (χ1) is 16.9. The number of anilines is 1. The van der Waals surface area contributed by atoms with Gasteiger partial charge in [-0.25, -0.2) is 0 Å². The molecule has 2 aromatic carbocycles. The van der Waals surface area contributed by atoms with E-state index in [-0.39, 0.29) is 23.6 Å². The first-order valence-electron chi connectivity index (χ1n) is 13.0. The van der Waals surface area contributed by atoms with Crippen LogP contribution in [0.25, 0.3) is 0 Å². The third-order valence-corrected chi connectivity index (χ3v) is 8.30. The molecule has 5 rings (SSSR count). The number of benzene rings is 2. The van der Waals surface area contributed by atoms with E-state index in [0.717, 1.165) is 61.8 Å². The van der Waals surface area contributed by atoms with Crippen molar-refractivity contribution >= 4 is 23.4 Å². The van der Waals surface area contributed by atoms with Gasteiger partial charge in [0.1, 0.15) is 0 Å². The standard InChI is InChI=1S/C29H35N3O3/c1-21(33)30-24-13-9-10-22(18-24)25-19-32(20-29(25)17-6-5-14-26(34)31-29)27(35)28(15-7-8-16-28)23-11-3-2-4-12-23/h2-4,9-13,18,25H,5-8,14-17,19-20H2,1H3,(H,30,33)(H,31,34)/t25-,29+/m0/s1. The molecule has 2 atom stereocenters. The number of likely N-dealkylation sites (tertiary alicyclic amines) is 1. The van der Waals surface area contributed by atoms with Crippen molar-refractivity contribution in [3.05, 3.63) is 65.7 Å². The molecule has 0 bridgehead atoms. The molecule has 1 saturated carbocycles. The van der Waals surface area contributed by atoms with Gasteiger partial charge in [0.2, 0.25) is 17.7 Å². The molecule has 2 N–H and O–H groups in total. The number of rotatable bonds is 4. The Labute approximate surface area is 207 Å². The average Bonchev–Trinajstić information content (AvgIpc) is 3.43. The highest BCUT2D eigenvalue weighted by molar-refractivity contribution is 5.90. The van der Waals surface area contributed by atoms with Crippen molar-refractivity contribution in [3.63, 3.8) is 0 Å². The fraction of sp³-hybridized carbons (Fsp3) is 0.483. The lowest BCUT2D eigenvalue weighted by atomic mass is 9.77. The van der Waals surface area contributed by atoms with Crippen LogP contribution in [-0.4, -0.2) is 41.2 Å². The van der Waals surface area contributed by atoms with E-state index in [1.54, 1.807) is 0 Å². The van der Waals surface area contributed by atoms with Crippen LogP contribution in [0.15, 0.2) is 54.6 Å². The summed E-state index contributed by atoms with van der Waals surface area (Å²) in [6.07, 6.45) is 7.04. The van der Waals surface area contributed by atoms with E-state index in [2.05, 4.69) is 28.8 Å². The summed E-state index contributed by atoms with van der Waals surface area (Å²) >= 11 is 0. The maximum Gasteiger partial charge on any atom is 0.233 e. The molecule has 2 aromatic rings. The molecule has 6 heteroatoms. The van der Waals surface area contributed by atoms with Gasteiger partial charge >= 0.3 is 0 Å². The Bertz CT molecular complexity index is 1110. The Morgan fingerprint density at radius 3 is 2.46 bits per heavy atom. The SMILES string of the molecule is CC(=O)Nc1cccc([C@@H]2CN(C(=O)C3(c4ccccc4)CCCC3)C[C@]23CCCCC(=O)N3)c1. The molecule has 0 radical (unpaired) electrons. The van der Waals surface area contributed by atoms with Gasteiger partial charge in [0, 0.05) is 38.0 Å². The number of hydrogen-bond acceptors (Lipinski definition) is 3. The predicted molar refractivity (Wildman–Crippen MR) is 136 cm³/mol. The Morgan fingerprint density at radius 2 is 1.71 bits per heavy atom. The number of carbonyl (C=O) groups is 3. The number of nitrogens with one attached hydrogen (secondary N) is 2. The van der Waals surface area contributed by atoms with Crippen LogP contribution < -0.4 is 10.6 Å². The van der Waals surface area contributed by atoms with Crippen LogP contribution in [-0.2, 0) is 19.8 Å². The minimum absolute atomic E-state index is 0.0311. The number of nitrogens with zero attached hydrogens (tertiary/aromatic N) is 1. The fourth-order valence-electron chi connectivity index (χ4n) is 6.70. The molecule has 1 spiro atoms. The van der Waals surface area contributed by atoms with Gasteiger partial charge < -0.3 is 15.5 Å². The van der Waals surface area contributed by atoms with E-state index in [1.165, 1.54) is 6.92 Å². The lowest BCUT2D eigenvalue weighted by molar-refractivity contribution is -0.137. The average molecular weight is 474 g/mol. The van der Waals surface area contributed by atoms with Crippen molar-refractivity contribution in [1.29, 1.82) is 0 Å². The van der Waals surface area contributed by atoms with E-state index in [1.807, 2.05) is 41.3 Å². The molecular weight excluding hydrogens is 438 g/mol. The van der Waals surface area contributed by atoms with Crippen molar-refractivity contribution < 1.29 is 14.4 Å². The summed E-state index contributed by atoms with van der Waals surface area (Å²) in [5.74, 6) is 0.114. The second kappa shape index (κ2) is 9.48. The molecular formula is C29H35N3O3. The summed E-state index contributed by atoms with van der Waals surface area (Å²) in [4.78, 5) is 40.8. The van der Waals surface area contributed by atoms with E-state index in [9.17, 15) is 14.4 Å². The van der Waals surface area contributed by atoms with Crippen molar-refractivity contribution in [3.8, 4) is 0 Å². The van der Waals surface area contributed by atoms with E-state index in [4.69, 9.17) is 0 Å². The highest BCUT2D eigenvalue weighted by Crippen LogP contribution is 2.47. The van der Waals surface area contributed by atoms with E-state index >= 15 is 0 Å². The third kappa shape index (κ3) is 4.46. The van der Waals surface area contributed by atoms with E-state index < -0.39 is 11.0 Å². The van der Waals surface area contributed by atoms with Crippen molar-refractivity contribution in [1.82, 2.24) is 10.2 Å². The molecule has 184 valence electrons. The Morgan fingerprint density at radius 1 is 0.971 bits per heavy atom. The highest BCUT2D eigenvalue weighted by Gasteiger charge is 2.54. The molecule has 3 amide bonds. The normalized spacial score (nSPS) is 25.8. The molecule has 3 aliphatic rings. The summed E-state index contributed by atoms with van der Waals surface area (Å²) in [6.45, 7) is 2.60. The predicted octanol–water partition coefficient (Wildman–Crippen LogP) is 4.51. The summed E-state index contributed by atoms with van der Waals surface area (Å²) in [7, 11) is 0. The lowest BCUT2D eigenvalue weighted by Crippen LogP contribution is -2.53. The summed E-state index contributed by atoms with van der Waals surface area (Å²) < 4.78 is 0. The molecule has 35 heavy (non-hydrogen) atoms. The van der Waals surface area contributed by atoms with Gasteiger partial charge in [0.05, 0.1) is 11.0 Å². The van der Waals surface area contributed by atoms with Crippen LogP contribution in [0.4, 0.5) is 5.69 Å². The maximum atomic E-state index is 14.3. The second-order valence-corrected chi connectivity index (χ2v) is 10.6. The summed E-state index contributed by atoms with van der Waals surface area (Å²) in [5.41, 5.74) is 1.93. The first kappa shape index (κ1) is 23.6. The largest absolute Gasteiger partial charge is 0.348 e. The van der Waals surface area contributed by atoms with Gasteiger partial charge in [-0.15, -0.1) is 0 Å². The Kier molecular flexibility index (Phi) is 6.39. The van der Waals surface area contributed by atoms with Gasteiger partial charge in [-0.3, -0.25) is 14.4 Å². The number of carbonyl (C=O) groups excluding carboxylic acids is 3. The van der Waals surface area contributed by atoms with Gasteiger partial charge in [0.25, 0.3) is 0 Å². The summed E-state index contributed by atoms with van der Waals surface area (Å²) in [5, 5.41) is 6.25. The zero-order valence-corrected chi connectivity index (χ0v) is 20.5. The van der Waals surface area contributed by atoms with Crippen molar-refractivity contribution in [2.75, 3.05) is 18.4 Å². The van der Waals surface area contributed by atoms with Crippen molar-refractivity contribution in [2.45, 2.75) is 75.2 Å². The van der Waals surface area contributed by atoms with Gasteiger partial charge in [-0.1, -0.05) is 61.7 Å². The van der Waals surface area contributed by atoms with Crippen molar-refractivity contribution in [2.24, 2.45) is 0 Å². The van der Waals surface area contributed by atoms with Crippen LogP contribution in [0.5, 0.6) is 0 Å². The van der Waals surface area contributed by atoms with Crippen LogP contribution in [0.1, 0.15) is 75.3 Å². The molecule has 0 unspecified atom stereocenters. The maximum absolute atomic E-state index is 14.3. The highest BCUT2D eigenvalue weighted by atomic mass is 16.2. The molecule has 6 nitrogen and oxygen atoms in total. The first-order valence-corrected chi connectivity index (χ1v) is 13.0. The molecule has 3 fully saturated rings. The number of amides is 3. The van der Waals surface area contributed by atoms with Crippen LogP contribution in [0, 0.1) is 0 Å². The minimum atomic E-state index is -0.491. The Balaban J connectivity index is 1.52. The molecule has 2 heterocycles. The molecule has 2 saturated heterocycles. The van der Waals surface area contributed by atoms with Crippen LogP contribution >= 0.6 is 0 Å². The van der Waals surface area contributed by atoms with Gasteiger partial charge in [-0.2, -0.15) is 0 Å². The molecule has 2 aliphatic heterocycles. The fourth-order valence-corrected chi connectivity index (χ4v) is 6.70. The molecule has 1 aliphatic carbocycles. The topological polar surface area (TPSA) is 78.5 Å². The van der Waals surface area contributed by atoms with Crippen LogP contribution in [0.2, 0.25) is 0 Å². The third-order valence-electron chi connectivity index (χ3n) is 8.30. The zero-order valence-electron chi connectivity index (χ0n) is 20.5. The zero-order chi connectivity index (χ0) is 24.5. The molecule has 0 aromatic heterocycles. The monoisotopic (exact) mass is 473 g/mol.